The van der Waals surface area contributed by atoms with Crippen LogP contribution in [0.15, 0.2) is 76.7 Å². The molecule has 0 spiro atoms. The van der Waals surface area contributed by atoms with Gasteiger partial charge >= 0.3 is 0 Å². The predicted octanol–water partition coefficient (Wildman–Crippen LogP) is 4.53. The van der Waals surface area contributed by atoms with E-state index in [0.29, 0.717) is 16.9 Å². The average Bonchev–Trinajstić information content (AvgIpc) is 3.47. The van der Waals surface area contributed by atoms with Crippen LogP contribution in [0, 0.1) is 6.92 Å². The van der Waals surface area contributed by atoms with Crippen LogP contribution >= 0.6 is 11.8 Å². The van der Waals surface area contributed by atoms with E-state index in [1.54, 1.807) is 30.5 Å². The van der Waals surface area contributed by atoms with Gasteiger partial charge in [0.15, 0.2) is 5.16 Å². The summed E-state index contributed by atoms with van der Waals surface area (Å²) in [5, 5.41) is 10.3. The summed E-state index contributed by atoms with van der Waals surface area (Å²) in [6.45, 7) is 1.98. The van der Waals surface area contributed by atoms with E-state index in [2.05, 4.69) is 20.8 Å². The van der Waals surface area contributed by atoms with Gasteiger partial charge in [-0.15, -0.1) is 10.2 Å². The minimum atomic E-state index is -0.0795. The van der Waals surface area contributed by atoms with Gasteiger partial charge < -0.3 is 4.74 Å². The van der Waals surface area contributed by atoms with Gasteiger partial charge in [-0.25, -0.2) is 4.98 Å². The summed E-state index contributed by atoms with van der Waals surface area (Å²) in [7, 11) is 3.39. The second-order valence-electron chi connectivity index (χ2n) is 8.34. The third kappa shape index (κ3) is 3.47. The number of hydrogen-bond donors (Lipinski definition) is 0. The van der Waals surface area contributed by atoms with Gasteiger partial charge in [-0.2, -0.15) is 0 Å². The van der Waals surface area contributed by atoms with Crippen molar-refractivity contribution >= 4 is 39.5 Å². The van der Waals surface area contributed by atoms with Crippen LogP contribution in [0.25, 0.3) is 33.4 Å². The number of fused-ring (bicyclic) bond motifs is 4. The number of hydrogen-bond acceptors (Lipinski definition) is 6. The molecule has 0 saturated carbocycles. The largest absolute Gasteiger partial charge is 0.497 e. The monoisotopic (exact) mass is 482 g/mol. The molecule has 9 heteroatoms. The Morgan fingerprint density at radius 1 is 0.971 bits per heavy atom. The molecule has 0 amide bonds. The highest BCUT2D eigenvalue weighted by Crippen LogP contribution is 2.31. The summed E-state index contributed by atoms with van der Waals surface area (Å²) in [5.74, 6) is 2.60. The molecular weight excluding hydrogens is 460 g/mol. The van der Waals surface area contributed by atoms with Crippen LogP contribution in [0.2, 0.25) is 0 Å². The lowest BCUT2D eigenvalue weighted by atomic mass is 10.1. The average molecular weight is 483 g/mol. The lowest BCUT2D eigenvalue weighted by Crippen LogP contribution is -2.20. The summed E-state index contributed by atoms with van der Waals surface area (Å²) in [6, 6.07) is 21.9. The van der Waals surface area contributed by atoms with Crippen LogP contribution in [0.4, 0.5) is 0 Å². The van der Waals surface area contributed by atoms with Crippen molar-refractivity contribution in [3.63, 3.8) is 0 Å². The van der Waals surface area contributed by atoms with E-state index in [-0.39, 0.29) is 5.56 Å². The smallest absolute Gasteiger partial charge is 0.262 e. The lowest BCUT2D eigenvalue weighted by molar-refractivity contribution is 0.414. The topological polar surface area (TPSA) is 79.2 Å². The molecule has 6 aromatic rings. The molecule has 0 aliphatic carbocycles. The summed E-state index contributed by atoms with van der Waals surface area (Å²) in [6.07, 6.45) is 0. The molecule has 0 atom stereocenters. The van der Waals surface area contributed by atoms with Crippen LogP contribution in [0.5, 0.6) is 5.75 Å². The first-order valence-electron chi connectivity index (χ1n) is 11.1. The van der Waals surface area contributed by atoms with E-state index in [0.717, 1.165) is 44.5 Å². The number of methoxy groups -OCH3 is 1. The number of imidazole rings is 1. The SMILES string of the molecule is COc1ccc(-n2c(SCc3nnc4n(C)c(=O)c5cc(C)ccc5n34)nc3ccccc32)cc1. The van der Waals surface area contributed by atoms with Crippen molar-refractivity contribution < 1.29 is 4.74 Å². The zero-order chi connectivity index (χ0) is 24.1. The maximum absolute atomic E-state index is 12.9. The van der Waals surface area contributed by atoms with Gasteiger partial charge in [0.05, 0.1) is 34.8 Å². The molecule has 6 rings (SSSR count). The minimum Gasteiger partial charge on any atom is -0.497 e. The number of nitrogens with zero attached hydrogens (tertiary/aromatic N) is 6. The standard InChI is InChI=1S/C26H22N6O2S/c1-16-8-13-21-19(14-16)24(33)30(2)25-29-28-23(32(21)25)15-35-26-27-20-6-4-5-7-22(20)31(26)17-9-11-18(34-3)12-10-17/h4-14H,15H2,1-3H3. The van der Waals surface area contributed by atoms with Crippen molar-refractivity contribution in [3.05, 3.63) is 88.5 Å². The molecule has 0 N–H and O–H groups in total. The predicted molar refractivity (Wildman–Crippen MR) is 138 cm³/mol. The molecule has 174 valence electrons. The molecule has 3 aromatic heterocycles. The Balaban J connectivity index is 1.46. The Bertz CT molecular complexity index is 1780. The van der Waals surface area contributed by atoms with Crippen LogP contribution in [-0.4, -0.2) is 35.8 Å². The van der Waals surface area contributed by atoms with Crippen LogP contribution in [-0.2, 0) is 12.8 Å². The number of aryl methyl sites for hydroxylation is 2. The normalized spacial score (nSPS) is 11.6. The number of rotatable bonds is 5. The van der Waals surface area contributed by atoms with Gasteiger partial charge in [0.25, 0.3) is 5.56 Å². The highest BCUT2D eigenvalue weighted by Gasteiger charge is 2.18. The minimum absolute atomic E-state index is 0.0795. The molecule has 0 aliphatic rings. The number of para-hydroxylation sites is 2. The Morgan fingerprint density at radius 2 is 1.77 bits per heavy atom. The van der Waals surface area contributed by atoms with Crippen LogP contribution in [0.1, 0.15) is 11.4 Å². The van der Waals surface area contributed by atoms with Crippen molar-refractivity contribution in [2.45, 2.75) is 17.8 Å². The van der Waals surface area contributed by atoms with Gasteiger partial charge in [-0.3, -0.25) is 18.3 Å². The molecule has 0 saturated heterocycles. The van der Waals surface area contributed by atoms with Gasteiger partial charge in [0.2, 0.25) is 5.78 Å². The molecule has 3 heterocycles. The first-order chi connectivity index (χ1) is 17.0. The number of benzene rings is 3. The van der Waals surface area contributed by atoms with E-state index in [9.17, 15) is 4.79 Å². The van der Waals surface area contributed by atoms with Gasteiger partial charge in [-0.1, -0.05) is 35.5 Å². The molecule has 3 aromatic carbocycles. The highest BCUT2D eigenvalue weighted by molar-refractivity contribution is 7.98. The Labute approximate surface area is 204 Å². The maximum Gasteiger partial charge on any atom is 0.262 e. The fourth-order valence-electron chi connectivity index (χ4n) is 4.36. The molecule has 8 nitrogen and oxygen atoms in total. The molecule has 35 heavy (non-hydrogen) atoms. The zero-order valence-electron chi connectivity index (χ0n) is 19.5. The Morgan fingerprint density at radius 3 is 2.57 bits per heavy atom. The zero-order valence-corrected chi connectivity index (χ0v) is 20.3. The fraction of sp³-hybridized carbons (Fsp3) is 0.154. The second-order valence-corrected chi connectivity index (χ2v) is 9.28. The Hall–Kier alpha value is -4.11. The summed E-state index contributed by atoms with van der Waals surface area (Å²) in [4.78, 5) is 17.8. The quantitative estimate of drug-likeness (QED) is 0.336. The number of aromatic nitrogens is 6. The molecule has 0 radical (unpaired) electrons. The van der Waals surface area contributed by atoms with Crippen molar-refractivity contribution in [1.29, 1.82) is 0 Å². The third-order valence-electron chi connectivity index (χ3n) is 6.13. The van der Waals surface area contributed by atoms with Crippen LogP contribution in [0.3, 0.4) is 0 Å². The molecule has 0 fully saturated rings. The Kier molecular flexibility index (Phi) is 5.07. The summed E-state index contributed by atoms with van der Waals surface area (Å²) in [5.41, 5.74) is 4.69. The molecule has 0 aliphatic heterocycles. The van der Waals surface area contributed by atoms with E-state index in [4.69, 9.17) is 9.72 Å². The van der Waals surface area contributed by atoms with E-state index in [1.165, 1.54) is 0 Å². The van der Waals surface area contributed by atoms with Gasteiger partial charge in [-0.05, 0) is 55.5 Å². The first kappa shape index (κ1) is 21.4. The second kappa shape index (κ2) is 8.28. The van der Waals surface area contributed by atoms with Gasteiger partial charge in [0, 0.05) is 12.7 Å². The highest BCUT2D eigenvalue weighted by atomic mass is 32.2. The first-order valence-corrected chi connectivity index (χ1v) is 12.1. The number of ether oxygens (including phenoxy) is 1. The lowest BCUT2D eigenvalue weighted by Gasteiger charge is -2.10. The van der Waals surface area contributed by atoms with Crippen molar-refractivity contribution in [3.8, 4) is 11.4 Å². The van der Waals surface area contributed by atoms with E-state index in [1.807, 2.05) is 72.0 Å². The van der Waals surface area contributed by atoms with Gasteiger partial charge in [0.1, 0.15) is 11.6 Å². The summed E-state index contributed by atoms with van der Waals surface area (Å²) < 4.78 is 11.0. The van der Waals surface area contributed by atoms with Crippen molar-refractivity contribution in [2.24, 2.45) is 7.05 Å². The maximum atomic E-state index is 12.9. The summed E-state index contributed by atoms with van der Waals surface area (Å²) >= 11 is 1.58. The molecular formula is C26H22N6O2S. The van der Waals surface area contributed by atoms with Crippen molar-refractivity contribution in [1.82, 2.24) is 28.7 Å². The van der Waals surface area contributed by atoms with E-state index >= 15 is 0 Å². The molecule has 0 bridgehead atoms. The van der Waals surface area contributed by atoms with Crippen molar-refractivity contribution in [2.75, 3.05) is 7.11 Å². The van der Waals surface area contributed by atoms with E-state index < -0.39 is 0 Å². The number of thioether (sulfide) groups is 1. The molecule has 0 unspecified atom stereocenters. The third-order valence-corrected chi connectivity index (χ3v) is 7.07. The van der Waals surface area contributed by atoms with Crippen LogP contribution < -0.4 is 10.3 Å². The fourth-order valence-corrected chi connectivity index (χ4v) is 5.30.